The molecule has 3 aromatic carbocycles. The van der Waals surface area contributed by atoms with Gasteiger partial charge in [-0.25, -0.2) is 0 Å². The minimum absolute atomic E-state index is 0.0340. The molecule has 1 aliphatic heterocycles. The zero-order valence-electron chi connectivity index (χ0n) is 22.2. The Kier molecular flexibility index (Phi) is 10.5. The first-order chi connectivity index (χ1) is 19.0. The molecule has 0 aliphatic carbocycles. The number of likely N-dealkylation sites (N-methyl/N-ethyl adjacent to an activating group) is 1. The predicted molar refractivity (Wildman–Crippen MR) is 157 cm³/mol. The van der Waals surface area contributed by atoms with Gasteiger partial charge in [-0.1, -0.05) is 102 Å². The van der Waals surface area contributed by atoms with Crippen molar-refractivity contribution in [1.29, 1.82) is 0 Å². The van der Waals surface area contributed by atoms with Crippen molar-refractivity contribution in [1.82, 2.24) is 4.90 Å². The Morgan fingerprint density at radius 3 is 2.23 bits per heavy atom. The second-order valence-corrected chi connectivity index (χ2v) is 12.2. The second-order valence-electron chi connectivity index (χ2n) is 9.96. The number of nitrogens with zero attached hydrogens (tertiary/aromatic N) is 1. The number of amides is 1. The van der Waals surface area contributed by atoms with Crippen LogP contribution in [-0.2, 0) is 20.9 Å². The average molecular weight is 608 g/mol. The van der Waals surface area contributed by atoms with E-state index >= 15 is 0 Å². The third-order valence-electron chi connectivity index (χ3n) is 7.10. The number of halogens is 3. The van der Waals surface area contributed by atoms with Crippen molar-refractivity contribution in [3.05, 3.63) is 101 Å². The number of aliphatic hydroxyl groups excluding tert-OH is 2. The molecule has 0 saturated carbocycles. The molecule has 0 spiro atoms. The van der Waals surface area contributed by atoms with Gasteiger partial charge in [0.25, 0.3) is 9.70 Å². The Bertz CT molecular complexity index is 1240. The van der Waals surface area contributed by atoms with Gasteiger partial charge in [-0.3, -0.25) is 9.69 Å². The largest absolute Gasteiger partial charge is 0.392 e. The summed E-state index contributed by atoms with van der Waals surface area (Å²) in [6.45, 7) is 2.52. The first kappa shape index (κ1) is 30.8. The van der Waals surface area contributed by atoms with Crippen LogP contribution in [0.15, 0.2) is 78.9 Å². The van der Waals surface area contributed by atoms with Crippen molar-refractivity contribution in [3.8, 4) is 0 Å². The number of anilines is 1. The van der Waals surface area contributed by atoms with Gasteiger partial charge in [-0.15, -0.1) is 0 Å². The number of ether oxygens (including phenoxy) is 2. The SMILES string of the molecule is CC(C(O)c1ccccc1)N(C)CC1CC(c2ccc(CO)cc2)OC(c2ccc(NC(=O)C(Cl)(Cl)Cl)cc2)O1. The van der Waals surface area contributed by atoms with Gasteiger partial charge in [0.1, 0.15) is 0 Å². The molecule has 3 N–H and O–H groups in total. The molecule has 1 aliphatic rings. The summed E-state index contributed by atoms with van der Waals surface area (Å²) < 4.78 is 10.7. The van der Waals surface area contributed by atoms with Gasteiger partial charge < -0.3 is 25.0 Å². The Balaban J connectivity index is 1.51. The van der Waals surface area contributed by atoms with Crippen molar-refractivity contribution in [2.45, 2.75) is 54.4 Å². The number of rotatable bonds is 9. The van der Waals surface area contributed by atoms with Crippen molar-refractivity contribution in [2.24, 2.45) is 0 Å². The lowest BCUT2D eigenvalue weighted by atomic mass is 9.98. The summed E-state index contributed by atoms with van der Waals surface area (Å²) in [6, 6.07) is 24.1. The fourth-order valence-corrected chi connectivity index (χ4v) is 4.76. The van der Waals surface area contributed by atoms with E-state index in [2.05, 4.69) is 10.2 Å². The van der Waals surface area contributed by atoms with E-state index in [0.29, 0.717) is 18.7 Å². The van der Waals surface area contributed by atoms with Crippen LogP contribution in [0.2, 0.25) is 0 Å². The summed E-state index contributed by atoms with van der Waals surface area (Å²) in [7, 11) is 1.97. The minimum Gasteiger partial charge on any atom is -0.392 e. The average Bonchev–Trinajstić information content (AvgIpc) is 2.96. The van der Waals surface area contributed by atoms with E-state index in [9.17, 15) is 15.0 Å². The lowest BCUT2D eigenvalue weighted by molar-refractivity contribution is -0.253. The zero-order valence-corrected chi connectivity index (χ0v) is 24.5. The molecule has 7 nitrogen and oxygen atoms in total. The number of nitrogens with one attached hydrogen (secondary N) is 1. The van der Waals surface area contributed by atoms with E-state index in [0.717, 1.165) is 22.3 Å². The third-order valence-corrected chi connectivity index (χ3v) is 7.61. The van der Waals surface area contributed by atoms with Crippen LogP contribution in [0.4, 0.5) is 5.69 Å². The predicted octanol–water partition coefficient (Wildman–Crippen LogP) is 6.09. The Morgan fingerprint density at radius 2 is 1.62 bits per heavy atom. The number of hydrogen-bond acceptors (Lipinski definition) is 6. The molecular weight excluding hydrogens is 575 g/mol. The normalized spacial score (nSPS) is 21.1. The van der Waals surface area contributed by atoms with Gasteiger partial charge in [-0.05, 0) is 42.8 Å². The van der Waals surface area contributed by atoms with Crippen LogP contribution in [0.25, 0.3) is 0 Å². The quantitative estimate of drug-likeness (QED) is 0.255. The lowest BCUT2D eigenvalue weighted by Crippen LogP contribution is -2.43. The number of carbonyl (C=O) groups excluding carboxylic acids is 1. The molecule has 0 bridgehead atoms. The van der Waals surface area contributed by atoms with Crippen LogP contribution in [0.1, 0.15) is 54.1 Å². The van der Waals surface area contributed by atoms with Gasteiger partial charge in [0, 0.05) is 30.3 Å². The van der Waals surface area contributed by atoms with E-state index in [1.165, 1.54) is 0 Å². The van der Waals surface area contributed by atoms with Gasteiger partial charge in [-0.2, -0.15) is 0 Å². The van der Waals surface area contributed by atoms with E-state index in [4.69, 9.17) is 44.3 Å². The topological polar surface area (TPSA) is 91.3 Å². The maximum atomic E-state index is 12.0. The molecule has 0 aromatic heterocycles. The van der Waals surface area contributed by atoms with Crippen LogP contribution in [0, 0.1) is 0 Å². The van der Waals surface area contributed by atoms with E-state index in [1.54, 1.807) is 24.3 Å². The minimum atomic E-state index is -2.07. The fourth-order valence-electron chi connectivity index (χ4n) is 4.62. The fraction of sp³-hybridized carbons (Fsp3) is 0.367. The summed E-state index contributed by atoms with van der Waals surface area (Å²) in [5.74, 6) is -0.753. The molecule has 3 aromatic rings. The summed E-state index contributed by atoms with van der Waals surface area (Å²) in [5, 5.41) is 23.0. The van der Waals surface area contributed by atoms with Crippen LogP contribution in [0.3, 0.4) is 0 Å². The van der Waals surface area contributed by atoms with E-state index in [-0.39, 0.29) is 24.9 Å². The van der Waals surface area contributed by atoms with Gasteiger partial charge in [0.05, 0.1) is 24.9 Å². The van der Waals surface area contributed by atoms with Crippen molar-refractivity contribution >= 4 is 46.4 Å². The number of carbonyl (C=O) groups is 1. The molecule has 5 unspecified atom stereocenters. The molecule has 1 heterocycles. The van der Waals surface area contributed by atoms with Crippen molar-refractivity contribution < 1.29 is 24.5 Å². The molecule has 1 amide bonds. The van der Waals surface area contributed by atoms with Crippen LogP contribution in [0.5, 0.6) is 0 Å². The molecule has 1 fully saturated rings. The zero-order chi connectivity index (χ0) is 28.9. The molecule has 40 heavy (non-hydrogen) atoms. The molecule has 1 saturated heterocycles. The smallest absolute Gasteiger partial charge is 0.276 e. The molecule has 0 radical (unpaired) electrons. The highest BCUT2D eigenvalue weighted by molar-refractivity contribution is 6.76. The lowest BCUT2D eigenvalue weighted by Gasteiger charge is -2.39. The molecule has 10 heteroatoms. The summed E-state index contributed by atoms with van der Waals surface area (Å²) in [6.07, 6.45) is -1.20. The van der Waals surface area contributed by atoms with Crippen molar-refractivity contribution in [3.63, 3.8) is 0 Å². The maximum Gasteiger partial charge on any atom is 0.276 e. The van der Waals surface area contributed by atoms with Gasteiger partial charge in [0.2, 0.25) is 0 Å². The van der Waals surface area contributed by atoms with Gasteiger partial charge >= 0.3 is 0 Å². The maximum absolute atomic E-state index is 12.0. The second kappa shape index (κ2) is 13.6. The summed E-state index contributed by atoms with van der Waals surface area (Å²) in [4.78, 5) is 14.1. The van der Waals surface area contributed by atoms with Gasteiger partial charge in [0.15, 0.2) is 6.29 Å². The third kappa shape index (κ3) is 7.96. The number of benzene rings is 3. The van der Waals surface area contributed by atoms with Crippen LogP contribution >= 0.6 is 34.8 Å². The first-order valence-electron chi connectivity index (χ1n) is 13.0. The summed E-state index contributed by atoms with van der Waals surface area (Å²) in [5.41, 5.74) is 3.87. The Morgan fingerprint density at radius 1 is 1.00 bits per heavy atom. The molecule has 214 valence electrons. The standard InChI is InChI=1S/C30H33Cl3N2O5/c1-19(27(37)22-6-4-3-5-7-22)35(2)17-25-16-26(21-10-8-20(18-36)9-11-21)40-28(39-25)23-12-14-24(15-13-23)34-29(38)30(31,32)33/h3-15,19,25-28,36-37H,16-18H2,1-2H3,(H,34,38). The first-order valence-corrected chi connectivity index (χ1v) is 14.1. The number of hydrogen-bond donors (Lipinski definition) is 3. The Hall–Kier alpha value is -2.20. The Labute approximate surface area is 249 Å². The van der Waals surface area contributed by atoms with Crippen molar-refractivity contribution in [2.75, 3.05) is 18.9 Å². The monoisotopic (exact) mass is 606 g/mol. The van der Waals surface area contributed by atoms with Crippen LogP contribution in [-0.4, -0.2) is 50.6 Å². The van der Waals surface area contributed by atoms with E-state index < -0.39 is 22.1 Å². The number of aliphatic hydroxyl groups is 2. The molecule has 4 rings (SSSR count). The highest BCUT2D eigenvalue weighted by Crippen LogP contribution is 2.39. The highest BCUT2D eigenvalue weighted by atomic mass is 35.6. The summed E-state index contributed by atoms with van der Waals surface area (Å²) >= 11 is 17.0. The van der Waals surface area contributed by atoms with Crippen LogP contribution < -0.4 is 5.32 Å². The number of alkyl halides is 3. The molecular formula is C30H33Cl3N2O5. The highest BCUT2D eigenvalue weighted by Gasteiger charge is 2.34. The van der Waals surface area contributed by atoms with E-state index in [1.807, 2.05) is 68.6 Å². The molecule has 5 atom stereocenters.